The van der Waals surface area contributed by atoms with Crippen LogP contribution in [0.5, 0.6) is 5.75 Å². The fourth-order valence-corrected chi connectivity index (χ4v) is 3.74. The van der Waals surface area contributed by atoms with E-state index >= 15 is 0 Å². The molecule has 1 aromatic heterocycles. The lowest BCUT2D eigenvalue weighted by Crippen LogP contribution is -2.54. The van der Waals surface area contributed by atoms with Crippen LogP contribution in [-0.4, -0.2) is 28.6 Å². The van der Waals surface area contributed by atoms with Crippen molar-refractivity contribution < 1.29 is 14.3 Å². The molecule has 7 heteroatoms. The standard InChI is InChI=1S/C23H19N3O3S/c1-3-12-25-14-15(18-6-4-5-7-20(18)25)13-19-21(27)24-23(30)26(22(19)28)16-8-10-17(29-2)11-9-16/h3-11,13-14H,1,12H2,2H3,(H,24,27,30). The number of ether oxygens (including phenoxy) is 1. The number of rotatable bonds is 5. The summed E-state index contributed by atoms with van der Waals surface area (Å²) in [6.45, 7) is 4.41. The molecule has 3 aromatic rings. The highest BCUT2D eigenvalue weighted by Crippen LogP contribution is 2.27. The molecule has 0 atom stereocenters. The Morgan fingerprint density at radius 3 is 2.57 bits per heavy atom. The molecule has 2 aromatic carbocycles. The molecular weight excluding hydrogens is 398 g/mol. The van der Waals surface area contributed by atoms with Crippen molar-refractivity contribution in [3.05, 3.63) is 78.5 Å². The lowest BCUT2D eigenvalue weighted by molar-refractivity contribution is -0.122. The van der Waals surface area contributed by atoms with Crippen molar-refractivity contribution in [2.24, 2.45) is 0 Å². The first-order valence-corrected chi connectivity index (χ1v) is 9.68. The summed E-state index contributed by atoms with van der Waals surface area (Å²) in [5.41, 5.74) is 2.33. The van der Waals surface area contributed by atoms with E-state index in [4.69, 9.17) is 17.0 Å². The average Bonchev–Trinajstić information content (AvgIpc) is 3.09. The number of allylic oxidation sites excluding steroid dienone is 1. The van der Waals surface area contributed by atoms with Gasteiger partial charge in [-0.1, -0.05) is 24.3 Å². The van der Waals surface area contributed by atoms with Crippen LogP contribution < -0.4 is 15.0 Å². The van der Waals surface area contributed by atoms with Crippen molar-refractivity contribution in [1.82, 2.24) is 9.88 Å². The number of methoxy groups -OCH3 is 1. The minimum absolute atomic E-state index is 0.0147. The molecule has 0 unspecified atom stereocenters. The van der Waals surface area contributed by atoms with Gasteiger partial charge >= 0.3 is 0 Å². The highest BCUT2D eigenvalue weighted by atomic mass is 32.1. The molecule has 0 aliphatic carbocycles. The molecule has 1 N–H and O–H groups in total. The number of hydrogen-bond donors (Lipinski definition) is 1. The van der Waals surface area contributed by atoms with Gasteiger partial charge in [-0.2, -0.15) is 0 Å². The fourth-order valence-electron chi connectivity index (χ4n) is 3.46. The fraction of sp³-hybridized carbons (Fsp3) is 0.0870. The molecular formula is C23H19N3O3S. The molecule has 4 rings (SSSR count). The summed E-state index contributed by atoms with van der Waals surface area (Å²) >= 11 is 5.26. The lowest BCUT2D eigenvalue weighted by atomic mass is 10.1. The number of fused-ring (bicyclic) bond motifs is 1. The number of amides is 2. The maximum absolute atomic E-state index is 13.2. The number of aromatic nitrogens is 1. The van der Waals surface area contributed by atoms with Gasteiger partial charge in [0.1, 0.15) is 11.3 Å². The Balaban J connectivity index is 1.78. The first-order valence-electron chi connectivity index (χ1n) is 9.27. The van der Waals surface area contributed by atoms with E-state index in [1.807, 2.05) is 35.0 Å². The van der Waals surface area contributed by atoms with Crippen LogP contribution in [0.15, 0.2) is 73.0 Å². The highest BCUT2D eigenvalue weighted by Gasteiger charge is 2.34. The SMILES string of the molecule is C=CCn1cc(C=C2C(=O)NC(=S)N(c3ccc(OC)cc3)C2=O)c2ccccc21. The predicted octanol–water partition coefficient (Wildman–Crippen LogP) is 3.67. The van der Waals surface area contributed by atoms with Gasteiger partial charge in [-0.3, -0.25) is 19.8 Å². The van der Waals surface area contributed by atoms with Crippen molar-refractivity contribution in [1.29, 1.82) is 0 Å². The molecule has 2 amide bonds. The Hall–Kier alpha value is -3.71. The molecule has 30 heavy (non-hydrogen) atoms. The first kappa shape index (κ1) is 19.6. The van der Waals surface area contributed by atoms with Crippen molar-refractivity contribution in [2.75, 3.05) is 12.0 Å². The molecule has 2 heterocycles. The third kappa shape index (κ3) is 3.40. The Morgan fingerprint density at radius 1 is 1.13 bits per heavy atom. The van der Waals surface area contributed by atoms with E-state index in [1.54, 1.807) is 43.5 Å². The van der Waals surface area contributed by atoms with Crippen LogP contribution in [0.3, 0.4) is 0 Å². The number of carbonyl (C=O) groups is 2. The van der Waals surface area contributed by atoms with E-state index in [0.717, 1.165) is 16.5 Å². The van der Waals surface area contributed by atoms with Gasteiger partial charge in [0.25, 0.3) is 11.8 Å². The zero-order valence-corrected chi connectivity index (χ0v) is 17.1. The number of para-hydroxylation sites is 1. The van der Waals surface area contributed by atoms with Crippen LogP contribution in [0.1, 0.15) is 5.56 Å². The average molecular weight is 417 g/mol. The van der Waals surface area contributed by atoms with Crippen molar-refractivity contribution in [3.8, 4) is 5.75 Å². The molecule has 6 nitrogen and oxygen atoms in total. The lowest BCUT2D eigenvalue weighted by Gasteiger charge is -2.29. The van der Waals surface area contributed by atoms with Gasteiger partial charge < -0.3 is 9.30 Å². The second-order valence-corrected chi connectivity index (χ2v) is 7.09. The van der Waals surface area contributed by atoms with E-state index < -0.39 is 11.8 Å². The van der Waals surface area contributed by atoms with Gasteiger partial charge in [-0.25, -0.2) is 0 Å². The summed E-state index contributed by atoms with van der Waals surface area (Å²) in [5, 5.41) is 3.60. The maximum atomic E-state index is 13.2. The quantitative estimate of drug-likeness (QED) is 0.298. The first-order chi connectivity index (χ1) is 14.5. The van der Waals surface area contributed by atoms with Gasteiger partial charge in [0, 0.05) is 29.2 Å². The molecule has 1 aliphatic rings. The molecule has 1 fully saturated rings. The summed E-state index contributed by atoms with van der Waals surface area (Å²) < 4.78 is 7.18. The Bertz CT molecular complexity index is 1210. The van der Waals surface area contributed by atoms with Crippen LogP contribution in [0.4, 0.5) is 5.69 Å². The molecule has 0 spiro atoms. The Kier molecular flexibility index (Phi) is 5.20. The van der Waals surface area contributed by atoms with Crippen molar-refractivity contribution in [2.45, 2.75) is 6.54 Å². The number of carbonyl (C=O) groups excluding carboxylic acids is 2. The Morgan fingerprint density at radius 2 is 1.87 bits per heavy atom. The number of benzene rings is 2. The molecule has 0 saturated carbocycles. The summed E-state index contributed by atoms with van der Waals surface area (Å²) in [7, 11) is 1.57. The van der Waals surface area contributed by atoms with Crippen molar-refractivity contribution in [3.63, 3.8) is 0 Å². The van der Waals surface area contributed by atoms with Gasteiger partial charge in [0.15, 0.2) is 5.11 Å². The predicted molar refractivity (Wildman–Crippen MR) is 121 cm³/mol. The van der Waals surface area contributed by atoms with Crippen LogP contribution in [0, 0.1) is 0 Å². The van der Waals surface area contributed by atoms with Gasteiger partial charge in [0.05, 0.1) is 12.8 Å². The second-order valence-electron chi connectivity index (χ2n) is 6.70. The topological polar surface area (TPSA) is 63.6 Å². The summed E-state index contributed by atoms with van der Waals surface area (Å²) in [6.07, 6.45) is 5.31. The zero-order valence-electron chi connectivity index (χ0n) is 16.3. The van der Waals surface area contributed by atoms with Gasteiger partial charge in [-0.15, -0.1) is 6.58 Å². The molecule has 0 bridgehead atoms. The zero-order chi connectivity index (χ0) is 21.3. The normalized spacial score (nSPS) is 15.6. The van der Waals surface area contributed by atoms with Gasteiger partial charge in [-0.05, 0) is 48.6 Å². The molecule has 150 valence electrons. The van der Waals surface area contributed by atoms with Crippen LogP contribution in [0.25, 0.3) is 17.0 Å². The van der Waals surface area contributed by atoms with E-state index in [1.165, 1.54) is 4.90 Å². The third-order valence-corrected chi connectivity index (χ3v) is 5.16. The van der Waals surface area contributed by atoms with Crippen LogP contribution in [-0.2, 0) is 16.1 Å². The van der Waals surface area contributed by atoms with Crippen LogP contribution in [0.2, 0.25) is 0 Å². The highest BCUT2D eigenvalue weighted by molar-refractivity contribution is 7.80. The summed E-state index contributed by atoms with van der Waals surface area (Å²) in [4.78, 5) is 27.1. The van der Waals surface area contributed by atoms with E-state index in [0.29, 0.717) is 18.0 Å². The molecule has 1 saturated heterocycles. The second kappa shape index (κ2) is 7.96. The number of thiocarbonyl (C=S) groups is 1. The smallest absolute Gasteiger partial charge is 0.270 e. The van der Waals surface area contributed by atoms with E-state index in [2.05, 4.69) is 11.9 Å². The molecule has 1 aliphatic heterocycles. The minimum atomic E-state index is -0.518. The third-order valence-electron chi connectivity index (χ3n) is 4.88. The van der Waals surface area contributed by atoms with Crippen molar-refractivity contribution >= 4 is 51.8 Å². The van der Waals surface area contributed by atoms with E-state index in [9.17, 15) is 9.59 Å². The monoisotopic (exact) mass is 417 g/mol. The number of anilines is 1. The summed E-state index contributed by atoms with van der Waals surface area (Å²) in [6, 6.07) is 14.7. The largest absolute Gasteiger partial charge is 0.497 e. The number of nitrogens with zero attached hydrogens (tertiary/aromatic N) is 2. The van der Waals surface area contributed by atoms with Crippen LogP contribution >= 0.6 is 12.2 Å². The number of hydrogen-bond acceptors (Lipinski definition) is 4. The minimum Gasteiger partial charge on any atom is -0.497 e. The number of nitrogens with one attached hydrogen (secondary N) is 1. The maximum Gasteiger partial charge on any atom is 0.270 e. The molecule has 0 radical (unpaired) electrons. The summed E-state index contributed by atoms with van der Waals surface area (Å²) in [5.74, 6) is -0.339. The van der Waals surface area contributed by atoms with E-state index in [-0.39, 0.29) is 10.7 Å². The Labute approximate surface area is 179 Å². The van der Waals surface area contributed by atoms with Gasteiger partial charge in [0.2, 0.25) is 0 Å².